The molecule has 1 aromatic carbocycles. The molecule has 0 spiro atoms. The van der Waals surface area contributed by atoms with Crippen molar-refractivity contribution in [3.05, 3.63) is 52.6 Å². The minimum Gasteiger partial charge on any atom is -0.480 e. The number of halogens is 1. The molecular weight excluding hydrogens is 266 g/mol. The van der Waals surface area contributed by atoms with E-state index < -0.39 is 12.0 Å². The molecule has 6 heteroatoms. The first-order chi connectivity index (χ1) is 9.15. The Morgan fingerprint density at radius 3 is 2.79 bits per heavy atom. The van der Waals surface area contributed by atoms with E-state index in [0.29, 0.717) is 11.4 Å². The van der Waals surface area contributed by atoms with Crippen molar-refractivity contribution < 1.29 is 9.90 Å². The average Bonchev–Trinajstić information content (AvgIpc) is 2.86. The summed E-state index contributed by atoms with van der Waals surface area (Å²) < 4.78 is 0. The van der Waals surface area contributed by atoms with E-state index in [9.17, 15) is 9.90 Å². The van der Waals surface area contributed by atoms with Crippen LogP contribution in [0.3, 0.4) is 0 Å². The number of carboxylic acid groups (broad SMARTS) is 1. The van der Waals surface area contributed by atoms with Crippen LogP contribution in [0.15, 0.2) is 30.6 Å². The summed E-state index contributed by atoms with van der Waals surface area (Å²) in [7, 11) is 0. The maximum atomic E-state index is 11.2. The van der Waals surface area contributed by atoms with Crippen molar-refractivity contribution in [2.24, 2.45) is 0 Å². The Kier molecular flexibility index (Phi) is 3.00. The molecule has 0 bridgehead atoms. The Morgan fingerprint density at radius 2 is 2.11 bits per heavy atom. The number of hydrogen-bond donors (Lipinski definition) is 3. The average molecular weight is 278 g/mol. The first-order valence-electron chi connectivity index (χ1n) is 5.91. The van der Waals surface area contributed by atoms with Gasteiger partial charge in [-0.2, -0.15) is 0 Å². The number of aliphatic carboxylic acids is 1. The summed E-state index contributed by atoms with van der Waals surface area (Å²) in [5, 5.41) is 12.9. The number of benzene rings is 1. The van der Waals surface area contributed by atoms with Gasteiger partial charge in [-0.1, -0.05) is 23.7 Å². The van der Waals surface area contributed by atoms with E-state index in [1.165, 1.54) is 0 Å². The summed E-state index contributed by atoms with van der Waals surface area (Å²) >= 11 is 5.87. The van der Waals surface area contributed by atoms with Crippen molar-refractivity contribution >= 4 is 17.6 Å². The van der Waals surface area contributed by atoms with Crippen LogP contribution in [0.5, 0.6) is 0 Å². The predicted octanol–water partition coefficient (Wildman–Crippen LogP) is 1.75. The van der Waals surface area contributed by atoms with E-state index in [-0.39, 0.29) is 6.04 Å². The third-order valence-corrected chi connectivity index (χ3v) is 3.55. The van der Waals surface area contributed by atoms with Gasteiger partial charge in [-0.3, -0.25) is 10.1 Å². The Labute approximate surface area is 114 Å². The van der Waals surface area contributed by atoms with Crippen LogP contribution in [-0.2, 0) is 11.2 Å². The fourth-order valence-corrected chi connectivity index (χ4v) is 2.48. The predicted molar refractivity (Wildman–Crippen MR) is 70.1 cm³/mol. The van der Waals surface area contributed by atoms with Crippen molar-refractivity contribution in [3.63, 3.8) is 0 Å². The molecule has 3 rings (SSSR count). The second-order valence-corrected chi connectivity index (χ2v) is 4.95. The van der Waals surface area contributed by atoms with Gasteiger partial charge in [0, 0.05) is 17.1 Å². The fraction of sp³-hybridized carbons (Fsp3) is 0.231. The summed E-state index contributed by atoms with van der Waals surface area (Å²) in [6, 6.07) is 6.48. The summed E-state index contributed by atoms with van der Waals surface area (Å²) in [6.07, 6.45) is 2.01. The Hall–Kier alpha value is -1.85. The highest BCUT2D eigenvalue weighted by atomic mass is 35.5. The highest BCUT2D eigenvalue weighted by Gasteiger charge is 2.32. The zero-order chi connectivity index (χ0) is 13.4. The molecule has 0 fully saturated rings. The Bertz CT molecular complexity index is 609. The van der Waals surface area contributed by atoms with E-state index in [4.69, 9.17) is 11.6 Å². The molecule has 1 aromatic heterocycles. The Balaban J connectivity index is 2.00. The Morgan fingerprint density at radius 1 is 1.37 bits per heavy atom. The molecule has 0 aliphatic carbocycles. The van der Waals surface area contributed by atoms with Crippen molar-refractivity contribution in [1.29, 1.82) is 0 Å². The molecule has 0 radical (unpaired) electrons. The number of rotatable bonds is 2. The number of hydrogen-bond acceptors (Lipinski definition) is 3. The second kappa shape index (κ2) is 4.68. The van der Waals surface area contributed by atoms with Crippen LogP contribution < -0.4 is 5.32 Å². The summed E-state index contributed by atoms with van der Waals surface area (Å²) in [6.45, 7) is 0. The van der Waals surface area contributed by atoms with Crippen LogP contribution in [0.4, 0.5) is 0 Å². The van der Waals surface area contributed by atoms with Gasteiger partial charge in [0.05, 0.1) is 18.1 Å². The standard InChI is InChI=1S/C13H12ClN3O2/c14-8-3-1-7(2-4-8)11-12-9(15-6-16-12)5-10(17-11)13(18)19/h1-4,6,10-11,17H,5H2,(H,15,16)(H,18,19)/t10-,11-/m1/s1. The second-order valence-electron chi connectivity index (χ2n) is 4.51. The molecular formula is C13H12ClN3O2. The highest BCUT2D eigenvalue weighted by molar-refractivity contribution is 6.30. The van der Waals surface area contributed by atoms with Gasteiger partial charge in [-0.05, 0) is 17.7 Å². The molecule has 5 nitrogen and oxygen atoms in total. The van der Waals surface area contributed by atoms with Gasteiger partial charge in [0.15, 0.2) is 0 Å². The van der Waals surface area contributed by atoms with Crippen molar-refractivity contribution in [3.8, 4) is 0 Å². The number of carbonyl (C=O) groups is 1. The van der Waals surface area contributed by atoms with E-state index in [0.717, 1.165) is 17.0 Å². The lowest BCUT2D eigenvalue weighted by atomic mass is 9.94. The van der Waals surface area contributed by atoms with Gasteiger partial charge in [-0.15, -0.1) is 0 Å². The molecule has 1 aliphatic heterocycles. The first kappa shape index (κ1) is 12.2. The van der Waals surface area contributed by atoms with Gasteiger partial charge in [-0.25, -0.2) is 4.98 Å². The maximum absolute atomic E-state index is 11.2. The largest absolute Gasteiger partial charge is 0.480 e. The topological polar surface area (TPSA) is 78.0 Å². The molecule has 2 heterocycles. The molecule has 2 atom stereocenters. The lowest BCUT2D eigenvalue weighted by Gasteiger charge is -2.28. The van der Waals surface area contributed by atoms with Gasteiger partial charge < -0.3 is 10.1 Å². The van der Waals surface area contributed by atoms with Crippen LogP contribution in [0.1, 0.15) is 23.0 Å². The number of carboxylic acids is 1. The van der Waals surface area contributed by atoms with E-state index in [2.05, 4.69) is 15.3 Å². The van der Waals surface area contributed by atoms with Crippen LogP contribution in [0.25, 0.3) is 0 Å². The molecule has 0 saturated heterocycles. The first-order valence-corrected chi connectivity index (χ1v) is 6.29. The van der Waals surface area contributed by atoms with E-state index in [1.807, 2.05) is 12.1 Å². The number of nitrogens with one attached hydrogen (secondary N) is 2. The van der Waals surface area contributed by atoms with Crippen molar-refractivity contribution in [2.75, 3.05) is 0 Å². The molecule has 0 amide bonds. The fourth-order valence-electron chi connectivity index (χ4n) is 2.35. The maximum Gasteiger partial charge on any atom is 0.321 e. The monoisotopic (exact) mass is 277 g/mol. The number of fused-ring (bicyclic) bond motifs is 1. The molecule has 19 heavy (non-hydrogen) atoms. The molecule has 2 aromatic rings. The summed E-state index contributed by atoms with van der Waals surface area (Å²) in [5.41, 5.74) is 2.66. The number of aromatic nitrogens is 2. The molecule has 0 unspecified atom stereocenters. The van der Waals surface area contributed by atoms with Gasteiger partial charge in [0.25, 0.3) is 0 Å². The number of aromatic amines is 1. The highest BCUT2D eigenvalue weighted by Crippen LogP contribution is 2.29. The van der Waals surface area contributed by atoms with Crippen molar-refractivity contribution in [2.45, 2.75) is 18.5 Å². The van der Waals surface area contributed by atoms with Gasteiger partial charge >= 0.3 is 5.97 Å². The lowest BCUT2D eigenvalue weighted by Crippen LogP contribution is -2.45. The smallest absolute Gasteiger partial charge is 0.321 e. The summed E-state index contributed by atoms with van der Waals surface area (Å²) in [4.78, 5) is 18.5. The number of nitrogens with zero attached hydrogens (tertiary/aromatic N) is 1. The molecule has 0 saturated carbocycles. The lowest BCUT2D eigenvalue weighted by molar-refractivity contribution is -0.139. The zero-order valence-corrected chi connectivity index (χ0v) is 10.7. The van der Waals surface area contributed by atoms with Gasteiger partial charge in [0.2, 0.25) is 0 Å². The van der Waals surface area contributed by atoms with Crippen LogP contribution in [0.2, 0.25) is 5.02 Å². The third kappa shape index (κ3) is 2.22. The normalized spacial score (nSPS) is 21.9. The minimum absolute atomic E-state index is 0.228. The van der Waals surface area contributed by atoms with E-state index in [1.54, 1.807) is 18.5 Å². The van der Waals surface area contributed by atoms with Crippen LogP contribution in [0, 0.1) is 0 Å². The molecule has 98 valence electrons. The molecule has 1 aliphatic rings. The SMILES string of the molecule is O=C(O)[C@H]1Cc2[nH]cnc2[C@@H](c2ccc(Cl)cc2)N1. The summed E-state index contributed by atoms with van der Waals surface area (Å²) in [5.74, 6) is -0.862. The number of H-pyrrole nitrogens is 1. The van der Waals surface area contributed by atoms with Crippen LogP contribution in [-0.4, -0.2) is 27.1 Å². The molecule has 3 N–H and O–H groups in total. The third-order valence-electron chi connectivity index (χ3n) is 3.30. The zero-order valence-electron chi connectivity index (χ0n) is 9.93. The van der Waals surface area contributed by atoms with E-state index >= 15 is 0 Å². The van der Waals surface area contributed by atoms with Crippen LogP contribution >= 0.6 is 11.6 Å². The number of imidazole rings is 1. The van der Waals surface area contributed by atoms with Gasteiger partial charge in [0.1, 0.15) is 6.04 Å². The minimum atomic E-state index is -0.862. The van der Waals surface area contributed by atoms with Crippen molar-refractivity contribution in [1.82, 2.24) is 15.3 Å². The quantitative estimate of drug-likeness (QED) is 0.781.